The lowest BCUT2D eigenvalue weighted by Gasteiger charge is -2.33. The number of nitrogens with zero attached hydrogens (tertiary/aromatic N) is 3. The van der Waals surface area contributed by atoms with Crippen LogP contribution in [-0.4, -0.2) is 341 Å². The lowest BCUT2D eigenvalue weighted by molar-refractivity contribution is -0.142. The monoisotopic (exact) mass is 2030 g/mol. The van der Waals surface area contributed by atoms with E-state index in [2.05, 4.69) is 74.4 Å². The molecule has 2 unspecified atom stereocenters. The molecule has 7 aliphatic rings. The second kappa shape index (κ2) is 50.2. The fraction of sp³-hybridized carbons (Fsp3) is 0.505. The Bertz CT molecular complexity index is 5450. The van der Waals surface area contributed by atoms with Gasteiger partial charge in [-0.2, -0.15) is 0 Å². The number of carboxylic acid groups (broad SMARTS) is 4. The van der Waals surface area contributed by atoms with Crippen molar-refractivity contribution in [3.8, 4) is 5.75 Å². The molecular formula is C91H118N20O28S3. The molecule has 7 aliphatic heterocycles. The molecule has 48 nitrogen and oxygen atoms in total. The van der Waals surface area contributed by atoms with Gasteiger partial charge in [0.2, 0.25) is 112 Å². The smallest absolute Gasteiger partial charge is 0.305 e. The number of benzene rings is 4. The molecule has 2 spiro atoms. The summed E-state index contributed by atoms with van der Waals surface area (Å²) in [5, 5.41) is 85.9. The summed E-state index contributed by atoms with van der Waals surface area (Å²) < 4.78 is 0. The van der Waals surface area contributed by atoms with E-state index in [1.165, 1.54) is 90.9 Å². The molecular weight excluding hydrogens is 1920 g/mol. The molecule has 19 amide bonds. The Morgan fingerprint density at radius 2 is 0.803 bits per heavy atom. The van der Waals surface area contributed by atoms with E-state index < -0.39 is 336 Å². The van der Waals surface area contributed by atoms with Gasteiger partial charge in [0, 0.05) is 99.5 Å². The third kappa shape index (κ3) is 31.4. The predicted molar refractivity (Wildman–Crippen MR) is 509 cm³/mol. The van der Waals surface area contributed by atoms with E-state index >= 15 is 28.8 Å². The van der Waals surface area contributed by atoms with Gasteiger partial charge in [0.15, 0.2) is 0 Å². The molecule has 17 atom stereocenters. The summed E-state index contributed by atoms with van der Waals surface area (Å²) in [5.74, 6) is -31.0. The molecule has 768 valence electrons. The summed E-state index contributed by atoms with van der Waals surface area (Å²) in [7, 11) is 0. The molecule has 51 heteroatoms. The van der Waals surface area contributed by atoms with Crippen molar-refractivity contribution in [3.63, 3.8) is 0 Å². The molecule has 0 radical (unpaired) electrons. The van der Waals surface area contributed by atoms with E-state index in [0.29, 0.717) is 33.7 Å². The van der Waals surface area contributed by atoms with Crippen LogP contribution in [0.4, 0.5) is 0 Å². The van der Waals surface area contributed by atoms with Gasteiger partial charge in [-0.1, -0.05) is 106 Å². The maximum Gasteiger partial charge on any atom is 0.305 e. The highest BCUT2D eigenvalue weighted by molar-refractivity contribution is 8.00. The maximum atomic E-state index is 15.4. The van der Waals surface area contributed by atoms with Gasteiger partial charge < -0.3 is 132 Å². The van der Waals surface area contributed by atoms with E-state index in [1.807, 2.05) is 0 Å². The molecule has 7 saturated heterocycles. The fourth-order valence-corrected chi connectivity index (χ4v) is 19.7. The van der Waals surface area contributed by atoms with Gasteiger partial charge in [-0.3, -0.25) is 110 Å². The van der Waals surface area contributed by atoms with E-state index in [1.54, 1.807) is 48.5 Å². The Kier molecular flexibility index (Phi) is 39.4. The number of nitrogens with one attached hydrogen (secondary N) is 14. The summed E-state index contributed by atoms with van der Waals surface area (Å²) >= 11 is 2.39. The van der Waals surface area contributed by atoms with Gasteiger partial charge in [-0.15, -0.1) is 35.3 Å². The first-order valence-electron chi connectivity index (χ1n) is 45.2. The quantitative estimate of drug-likeness (QED) is 0.0345. The summed E-state index contributed by atoms with van der Waals surface area (Å²) in [6.07, 6.45) is -8.44. The number of amides is 19. The van der Waals surface area contributed by atoms with Crippen molar-refractivity contribution in [1.82, 2.24) is 89.1 Å². The minimum absolute atomic E-state index is 0.147. The summed E-state index contributed by atoms with van der Waals surface area (Å²) in [6.45, 7) is 7.05. The number of hydrogen-bond donors (Lipinski definition) is 22. The zero-order valence-electron chi connectivity index (χ0n) is 78.4. The zero-order chi connectivity index (χ0) is 105. The average Bonchev–Trinajstić information content (AvgIpc) is 1.52. The number of carboxylic acids is 4. The lowest BCUT2D eigenvalue weighted by atomic mass is 9.71. The first-order valence-corrected chi connectivity index (χ1v) is 48.7. The van der Waals surface area contributed by atoms with Crippen molar-refractivity contribution >= 4 is 182 Å². The highest BCUT2D eigenvalue weighted by atomic mass is 32.2. The highest BCUT2D eigenvalue weighted by Gasteiger charge is 2.69. The molecule has 142 heavy (non-hydrogen) atoms. The van der Waals surface area contributed by atoms with Crippen molar-refractivity contribution < 1.29 is 136 Å². The summed E-state index contributed by atoms with van der Waals surface area (Å²) in [4.78, 5) is 331. The van der Waals surface area contributed by atoms with Crippen LogP contribution in [0.25, 0.3) is 10.8 Å². The maximum absolute atomic E-state index is 15.4. The van der Waals surface area contributed by atoms with Crippen LogP contribution in [0.5, 0.6) is 5.75 Å². The first-order chi connectivity index (χ1) is 66.9. The second-order valence-corrected chi connectivity index (χ2v) is 39.7. The largest absolute Gasteiger partial charge is 0.508 e. The van der Waals surface area contributed by atoms with Gasteiger partial charge >= 0.3 is 23.9 Å². The van der Waals surface area contributed by atoms with E-state index in [4.69, 9.17) is 17.2 Å². The third-order valence-electron chi connectivity index (χ3n) is 24.4. The first kappa shape index (κ1) is 111. The predicted octanol–water partition coefficient (Wildman–Crippen LogP) is -6.44. The van der Waals surface area contributed by atoms with Crippen molar-refractivity contribution in [1.29, 1.82) is 0 Å². The van der Waals surface area contributed by atoms with Crippen LogP contribution < -0.4 is 91.6 Å². The van der Waals surface area contributed by atoms with E-state index in [-0.39, 0.29) is 56.3 Å². The Morgan fingerprint density at radius 3 is 1.27 bits per heavy atom. The minimum Gasteiger partial charge on any atom is -0.508 e. The van der Waals surface area contributed by atoms with Crippen LogP contribution >= 0.6 is 35.3 Å². The summed E-state index contributed by atoms with van der Waals surface area (Å²) in [5.41, 5.74) is 14.6. The number of fused-ring (bicyclic) bond motifs is 46. The van der Waals surface area contributed by atoms with Crippen LogP contribution in [0.3, 0.4) is 0 Å². The molecule has 4 aromatic rings. The number of thioether (sulfide) groups is 3. The van der Waals surface area contributed by atoms with E-state index in [9.17, 15) is 107 Å². The number of rotatable bonds is 21. The average molecular weight is 2040 g/mol. The SMILES string of the molecule is C[C@H](N)C(=O)N[C@H]1CSCC(=O)N2CC34CN5CC3(C2)CN(C4)C(=O)CSC[C@H](NC(=O)[C@@H](C)NC(=O)[C@H](Cc2cccc3ccccc23)NC(=O)[C@H](CCC(=O)O)NC(=O)[C@H](CC(N)=O)NC(=O)[C@@H](C)NC1=O)C(=O)N[C@@H](CCC(=O)O)C(=O)N[C@@H](CC(=O)O)C(=O)N[C@@H](Cc1ccccc1)C(=O)N[C@@H](Cc1ccc(O)cc1)C(=O)N[C@@H](CC(=O)O)C(=O)N[C@@H](C(C)(C)C)C(=O)N[C@H](C(N)=O)CSCC5=O. The number of aliphatic carboxylic acids is 4. The van der Waals surface area contributed by atoms with Crippen molar-refractivity contribution in [3.05, 3.63) is 114 Å². The highest BCUT2D eigenvalue weighted by Crippen LogP contribution is 2.57. The van der Waals surface area contributed by atoms with Crippen molar-refractivity contribution in [2.75, 3.05) is 73.8 Å². The lowest BCUT2D eigenvalue weighted by Crippen LogP contribution is -2.62. The van der Waals surface area contributed by atoms with Crippen LogP contribution in [0, 0.1) is 16.2 Å². The third-order valence-corrected chi connectivity index (χ3v) is 27.5. The number of carbonyl (C=O) groups excluding carboxylic acids is 19. The van der Waals surface area contributed by atoms with Gasteiger partial charge in [-0.25, -0.2) is 0 Å². The fourth-order valence-electron chi connectivity index (χ4n) is 16.8. The standard InChI is InChI=1S/C91H118N20O28S3/c1-45(92)75(126)106-63-34-141-37-67(115)110-41-90-39-109-40-91(90,42-110)44-111(43-90)68(116)38-142-35-64(107-77(128)47(3)95-80(131)58(29-51-17-12-16-50-15-10-11-18-53(50)51)102-78(129)54(23-25-69(117)118)97-83(134)59(30-65(93)113)99-76(127)46(2)96-86(63)137)87(138)98-55(24-26-70(119)120)79(130)103-60(31-71(121)122)84(135)101-56(27-48-13-8-7-9-14-48)81(132)100-57(28-49-19-21-52(112)22-20-49)82(133)104-61(32-72(123)124)85(136)108-73(89(4,5)6)88(139)105-62(74(94)125)33-140-36-66(109)114/h7-22,45-47,54-64,73,112H,23-44,92H2,1-6H3,(H2,93,113)(H2,94,125)(H,95,131)(H,96,137)(H,97,134)(H,98,138)(H,99,127)(H,100,132)(H,101,135)(H,102,129)(H,103,130)(H,104,133)(H,105,139)(H,106,126)(H,107,128)(H,108,136)(H,117,118)(H,119,120)(H,121,122)(H,123,124)/t45-,46+,47+,54-,55-,56-,57-,58-,59-,60-,61-,62-,63-,64-,73+,90?,91?/m0/s1. The molecule has 0 aliphatic carbocycles. The molecule has 7 fully saturated rings. The Morgan fingerprint density at radius 1 is 0.415 bits per heavy atom. The topological polar surface area (TPSA) is 750 Å². The number of carbonyl (C=O) groups is 23. The van der Waals surface area contributed by atoms with Crippen molar-refractivity contribution in [2.24, 2.45) is 33.4 Å². The van der Waals surface area contributed by atoms with Gasteiger partial charge in [-0.05, 0) is 78.6 Å². The Hall–Kier alpha value is -14.2. The van der Waals surface area contributed by atoms with E-state index in [0.717, 1.165) is 37.4 Å². The number of hydrogen-bond acceptors (Lipinski definition) is 28. The number of nitrogens with two attached hydrogens (primary N) is 3. The minimum atomic E-state index is -2.28. The number of phenolic OH excluding ortho intramolecular Hbond substituents is 1. The van der Waals surface area contributed by atoms with Gasteiger partial charge in [0.05, 0.1) is 42.6 Å². The van der Waals surface area contributed by atoms with Crippen LogP contribution in [0.2, 0.25) is 0 Å². The molecule has 0 saturated carbocycles. The molecule has 7 heterocycles. The summed E-state index contributed by atoms with van der Waals surface area (Å²) in [6, 6.07) is -3.23. The number of aromatic hydroxyl groups is 1. The second-order valence-electron chi connectivity index (χ2n) is 36.6. The van der Waals surface area contributed by atoms with Gasteiger partial charge in [0.25, 0.3) is 0 Å². The normalized spacial score (nSPS) is 26.9. The Balaban J connectivity index is 1.14. The Labute approximate surface area is 825 Å². The molecule has 4 aromatic carbocycles. The van der Waals surface area contributed by atoms with Crippen LogP contribution in [0.15, 0.2) is 97.1 Å². The molecule has 11 rings (SSSR count). The molecule has 0 aromatic heterocycles. The molecule has 25 N–H and O–H groups in total. The number of primary amides is 2. The van der Waals surface area contributed by atoms with Crippen LogP contribution in [-0.2, 0) is 130 Å². The zero-order valence-corrected chi connectivity index (χ0v) is 80.8. The van der Waals surface area contributed by atoms with Crippen molar-refractivity contribution in [2.45, 2.75) is 196 Å². The van der Waals surface area contributed by atoms with Crippen LogP contribution in [0.1, 0.15) is 103 Å². The van der Waals surface area contributed by atoms with Gasteiger partial charge in [0.1, 0.15) is 90.3 Å². The number of phenols is 1. The molecule has 6 bridgehead atoms.